The van der Waals surface area contributed by atoms with Gasteiger partial charge in [-0.25, -0.2) is 0 Å². The van der Waals surface area contributed by atoms with Crippen LogP contribution in [0.1, 0.15) is 13.8 Å². The molecule has 2 rings (SSSR count). The van der Waals surface area contributed by atoms with Crippen molar-refractivity contribution in [3.05, 3.63) is 24.3 Å². The number of benzene rings is 1. The molecule has 0 saturated carbocycles. The standard InChI is InChI=1S/C12H15NO3/c1-8(13-9(2)14)12-7-15-10-5-3-4-6-11(10)16-12/h3-6,8,12H,7H2,1-2H3,(H,13,14)/t8-,12-/m1/s1. The van der Waals surface area contributed by atoms with Crippen LogP contribution in [0, 0.1) is 0 Å². The molecule has 0 radical (unpaired) electrons. The molecule has 1 heterocycles. The van der Waals surface area contributed by atoms with Gasteiger partial charge in [-0.05, 0) is 19.1 Å². The Morgan fingerprint density at radius 1 is 1.44 bits per heavy atom. The molecular weight excluding hydrogens is 206 g/mol. The molecule has 0 aromatic heterocycles. The van der Waals surface area contributed by atoms with Gasteiger partial charge < -0.3 is 14.8 Å². The van der Waals surface area contributed by atoms with E-state index in [1.54, 1.807) is 0 Å². The number of rotatable bonds is 2. The highest BCUT2D eigenvalue weighted by atomic mass is 16.6. The van der Waals surface area contributed by atoms with Crippen LogP contribution >= 0.6 is 0 Å². The van der Waals surface area contributed by atoms with Gasteiger partial charge in [0.15, 0.2) is 17.6 Å². The van der Waals surface area contributed by atoms with Crippen LogP contribution in [0.5, 0.6) is 11.5 Å². The summed E-state index contributed by atoms with van der Waals surface area (Å²) in [6.45, 7) is 3.86. The Morgan fingerprint density at radius 2 is 2.12 bits per heavy atom. The van der Waals surface area contributed by atoms with Crippen LogP contribution < -0.4 is 14.8 Å². The molecule has 1 N–H and O–H groups in total. The van der Waals surface area contributed by atoms with E-state index < -0.39 is 0 Å². The van der Waals surface area contributed by atoms with Gasteiger partial charge in [-0.3, -0.25) is 4.79 Å². The largest absolute Gasteiger partial charge is 0.486 e. The lowest BCUT2D eigenvalue weighted by Gasteiger charge is -2.30. The first-order valence-electron chi connectivity index (χ1n) is 5.32. The van der Waals surface area contributed by atoms with E-state index in [0.717, 1.165) is 11.5 Å². The van der Waals surface area contributed by atoms with Gasteiger partial charge in [0.2, 0.25) is 5.91 Å². The topological polar surface area (TPSA) is 47.6 Å². The van der Waals surface area contributed by atoms with Crippen molar-refractivity contribution in [2.75, 3.05) is 6.61 Å². The van der Waals surface area contributed by atoms with Crippen molar-refractivity contribution in [3.63, 3.8) is 0 Å². The average molecular weight is 221 g/mol. The molecule has 1 amide bonds. The molecule has 1 aromatic carbocycles. The maximum absolute atomic E-state index is 10.9. The van der Waals surface area contributed by atoms with Crippen LogP contribution in [0.4, 0.5) is 0 Å². The molecule has 4 nitrogen and oxygen atoms in total. The lowest BCUT2D eigenvalue weighted by Crippen LogP contribution is -2.47. The SMILES string of the molecule is CC(=O)N[C@H](C)[C@H]1COc2ccccc2O1. The van der Waals surface area contributed by atoms with Gasteiger partial charge in [0.05, 0.1) is 6.04 Å². The van der Waals surface area contributed by atoms with Crippen molar-refractivity contribution in [2.45, 2.75) is 26.0 Å². The number of amides is 1. The van der Waals surface area contributed by atoms with Gasteiger partial charge in [-0.2, -0.15) is 0 Å². The average Bonchev–Trinajstić information content (AvgIpc) is 2.27. The molecule has 2 atom stereocenters. The van der Waals surface area contributed by atoms with Gasteiger partial charge in [-0.15, -0.1) is 0 Å². The van der Waals surface area contributed by atoms with Crippen LogP contribution in [-0.2, 0) is 4.79 Å². The summed E-state index contributed by atoms with van der Waals surface area (Å²) in [6.07, 6.45) is -0.140. The van der Waals surface area contributed by atoms with Gasteiger partial charge >= 0.3 is 0 Å². The third-order valence-corrected chi connectivity index (χ3v) is 2.52. The molecule has 0 spiro atoms. The summed E-state index contributed by atoms with van der Waals surface area (Å²) in [4.78, 5) is 10.9. The Kier molecular flexibility index (Phi) is 2.99. The molecule has 86 valence electrons. The van der Waals surface area contributed by atoms with Gasteiger partial charge in [0.25, 0.3) is 0 Å². The van der Waals surface area contributed by atoms with E-state index >= 15 is 0 Å². The first-order valence-corrected chi connectivity index (χ1v) is 5.32. The first kappa shape index (κ1) is 10.8. The predicted molar refractivity (Wildman–Crippen MR) is 59.6 cm³/mol. The second-order valence-electron chi connectivity index (χ2n) is 3.90. The Labute approximate surface area is 94.6 Å². The quantitative estimate of drug-likeness (QED) is 0.820. The van der Waals surface area contributed by atoms with Crippen molar-refractivity contribution < 1.29 is 14.3 Å². The van der Waals surface area contributed by atoms with E-state index in [0.29, 0.717) is 6.61 Å². The zero-order chi connectivity index (χ0) is 11.5. The van der Waals surface area contributed by atoms with E-state index in [1.165, 1.54) is 6.92 Å². The first-order chi connectivity index (χ1) is 7.66. The molecule has 1 aliphatic rings. The van der Waals surface area contributed by atoms with E-state index in [2.05, 4.69) is 5.32 Å². The molecule has 0 bridgehead atoms. The maximum atomic E-state index is 10.9. The normalized spacial score (nSPS) is 20.0. The lowest BCUT2D eigenvalue weighted by molar-refractivity contribution is -0.120. The van der Waals surface area contributed by atoms with Crippen molar-refractivity contribution in [1.82, 2.24) is 5.32 Å². The molecule has 16 heavy (non-hydrogen) atoms. The molecule has 0 aliphatic carbocycles. The fraction of sp³-hybridized carbons (Fsp3) is 0.417. The lowest BCUT2D eigenvalue weighted by atomic mass is 10.1. The van der Waals surface area contributed by atoms with E-state index in [-0.39, 0.29) is 18.1 Å². The third kappa shape index (κ3) is 2.27. The fourth-order valence-electron chi connectivity index (χ4n) is 1.70. The predicted octanol–water partition coefficient (Wildman–Crippen LogP) is 1.35. The van der Waals surface area contributed by atoms with Crippen molar-refractivity contribution in [1.29, 1.82) is 0 Å². The maximum Gasteiger partial charge on any atom is 0.217 e. The number of para-hydroxylation sites is 2. The van der Waals surface area contributed by atoms with E-state index in [4.69, 9.17) is 9.47 Å². The number of carbonyl (C=O) groups is 1. The molecule has 0 unspecified atom stereocenters. The van der Waals surface area contributed by atoms with E-state index in [9.17, 15) is 4.79 Å². The molecule has 0 fully saturated rings. The Morgan fingerprint density at radius 3 is 2.81 bits per heavy atom. The van der Waals surface area contributed by atoms with Crippen molar-refractivity contribution in [3.8, 4) is 11.5 Å². The smallest absolute Gasteiger partial charge is 0.217 e. The van der Waals surface area contributed by atoms with Crippen LogP contribution in [0.3, 0.4) is 0 Å². The molecule has 0 saturated heterocycles. The molecule has 1 aliphatic heterocycles. The highest BCUT2D eigenvalue weighted by molar-refractivity contribution is 5.73. The zero-order valence-corrected chi connectivity index (χ0v) is 9.40. The van der Waals surface area contributed by atoms with Crippen LogP contribution in [-0.4, -0.2) is 24.7 Å². The summed E-state index contributed by atoms with van der Waals surface area (Å²) in [5.74, 6) is 1.43. The molecular formula is C12H15NO3. The monoisotopic (exact) mass is 221 g/mol. The summed E-state index contributed by atoms with van der Waals surface area (Å²) in [6, 6.07) is 7.47. The van der Waals surface area contributed by atoms with Crippen LogP contribution in [0.2, 0.25) is 0 Å². The van der Waals surface area contributed by atoms with Gasteiger partial charge in [0.1, 0.15) is 6.61 Å². The second-order valence-corrected chi connectivity index (χ2v) is 3.90. The summed E-state index contributed by atoms with van der Waals surface area (Å²) < 4.78 is 11.3. The highest BCUT2D eigenvalue weighted by Crippen LogP contribution is 2.31. The number of hydrogen-bond acceptors (Lipinski definition) is 3. The molecule has 4 heteroatoms. The summed E-state index contributed by atoms with van der Waals surface area (Å²) in [5.41, 5.74) is 0. The summed E-state index contributed by atoms with van der Waals surface area (Å²) in [5, 5.41) is 2.80. The number of carbonyl (C=O) groups excluding carboxylic acids is 1. The third-order valence-electron chi connectivity index (χ3n) is 2.52. The summed E-state index contributed by atoms with van der Waals surface area (Å²) in [7, 11) is 0. The number of hydrogen-bond donors (Lipinski definition) is 1. The minimum atomic E-state index is -0.140. The van der Waals surface area contributed by atoms with Gasteiger partial charge in [0, 0.05) is 6.92 Å². The Bertz CT molecular complexity index is 392. The minimum absolute atomic E-state index is 0.0602. The zero-order valence-electron chi connectivity index (χ0n) is 9.40. The Balaban J connectivity index is 2.05. The van der Waals surface area contributed by atoms with Crippen LogP contribution in [0.25, 0.3) is 0 Å². The minimum Gasteiger partial charge on any atom is -0.486 e. The number of nitrogens with one attached hydrogen (secondary N) is 1. The Hall–Kier alpha value is -1.71. The number of fused-ring (bicyclic) bond motifs is 1. The van der Waals surface area contributed by atoms with Crippen molar-refractivity contribution in [2.24, 2.45) is 0 Å². The van der Waals surface area contributed by atoms with Crippen molar-refractivity contribution >= 4 is 5.91 Å². The summed E-state index contributed by atoms with van der Waals surface area (Å²) >= 11 is 0. The van der Waals surface area contributed by atoms with Crippen LogP contribution in [0.15, 0.2) is 24.3 Å². The highest BCUT2D eigenvalue weighted by Gasteiger charge is 2.26. The molecule has 1 aromatic rings. The number of ether oxygens (including phenoxy) is 2. The second kappa shape index (κ2) is 4.43. The fourth-order valence-corrected chi connectivity index (χ4v) is 1.70. The van der Waals surface area contributed by atoms with Gasteiger partial charge in [-0.1, -0.05) is 12.1 Å². The van der Waals surface area contributed by atoms with E-state index in [1.807, 2.05) is 31.2 Å².